The molecule has 1 atom stereocenters. The van der Waals surface area contributed by atoms with Crippen LogP contribution in [-0.2, 0) is 34.5 Å². The zero-order valence-electron chi connectivity index (χ0n) is 24.6. The molecule has 9 nitrogen and oxygen atoms in total. The van der Waals surface area contributed by atoms with Crippen LogP contribution in [0.3, 0.4) is 0 Å². The number of rotatable bonds is 16. The Morgan fingerprint density at radius 1 is 1.02 bits per heavy atom. The molecule has 1 aromatic carbocycles. The zero-order chi connectivity index (χ0) is 32.4. The molecule has 2 amide bonds. The zero-order valence-corrected chi connectivity index (χ0v) is 24.6. The molecule has 2 N–H and O–H groups in total. The standard InChI is InChI=1S/C29H37F6N7O2/c1-21(41(2)40-39-37-20-44)26(24-12-11-22-9-5-6-10-23(22)15-24)16-27(36-19-43,29(33,34)35)25-17-38-42(18-25)14-8-4-3-7-13-28(30,31)32/h11-12,15,17-20H,3-10,13-14,16H2,1-2H3,(H,36,43)(H,37,40,44)/b26-21-. The number of benzene rings is 1. The molecule has 0 aliphatic heterocycles. The number of halogens is 6. The van der Waals surface area contributed by atoms with Crippen molar-refractivity contribution in [1.82, 2.24) is 25.5 Å². The van der Waals surface area contributed by atoms with E-state index in [0.717, 1.165) is 43.0 Å². The Morgan fingerprint density at radius 3 is 2.39 bits per heavy atom. The molecule has 0 bridgehead atoms. The third-order valence-electron chi connectivity index (χ3n) is 7.86. The van der Waals surface area contributed by atoms with Crippen LogP contribution in [0.5, 0.6) is 0 Å². The predicted molar refractivity (Wildman–Crippen MR) is 150 cm³/mol. The molecular weight excluding hydrogens is 592 g/mol. The monoisotopic (exact) mass is 629 g/mol. The second-order valence-corrected chi connectivity index (χ2v) is 10.8. The second kappa shape index (κ2) is 15.2. The van der Waals surface area contributed by atoms with Gasteiger partial charge in [-0.3, -0.25) is 19.3 Å². The second-order valence-electron chi connectivity index (χ2n) is 10.8. The van der Waals surface area contributed by atoms with E-state index >= 15 is 13.2 Å². The number of aromatic nitrogens is 2. The van der Waals surface area contributed by atoms with E-state index in [1.807, 2.05) is 22.9 Å². The smallest absolute Gasteiger partial charge is 0.341 e. The van der Waals surface area contributed by atoms with Crippen molar-refractivity contribution in [2.75, 3.05) is 7.05 Å². The molecular formula is C29H37F6N7O2. The number of carbonyl (C=O) groups is 2. The molecule has 1 heterocycles. The molecule has 0 spiro atoms. The van der Waals surface area contributed by atoms with Crippen LogP contribution >= 0.6 is 0 Å². The normalized spacial score (nSPS) is 15.7. The van der Waals surface area contributed by atoms with E-state index < -0.39 is 30.7 Å². The van der Waals surface area contributed by atoms with Crippen LogP contribution in [0.4, 0.5) is 26.3 Å². The van der Waals surface area contributed by atoms with Crippen LogP contribution in [-0.4, -0.2) is 47.0 Å². The highest BCUT2D eigenvalue weighted by Crippen LogP contribution is 2.46. The quantitative estimate of drug-likeness (QED) is 0.0722. The first-order valence-corrected chi connectivity index (χ1v) is 14.3. The van der Waals surface area contributed by atoms with Gasteiger partial charge in [0, 0.05) is 43.9 Å². The number of unbranched alkanes of at least 4 members (excludes halogenated alkanes) is 3. The number of fused-ring (bicyclic) bond motifs is 1. The van der Waals surface area contributed by atoms with Crippen molar-refractivity contribution in [2.24, 2.45) is 10.4 Å². The number of allylic oxidation sites excluding steroid dienone is 1. The summed E-state index contributed by atoms with van der Waals surface area (Å²) in [5, 5.41) is 14.7. The van der Waals surface area contributed by atoms with Gasteiger partial charge in [0.05, 0.1) is 6.20 Å². The first kappa shape index (κ1) is 34.6. The Bertz CT molecular complexity index is 1320. The fourth-order valence-corrected chi connectivity index (χ4v) is 5.35. The van der Waals surface area contributed by atoms with E-state index in [1.54, 1.807) is 13.0 Å². The lowest BCUT2D eigenvalue weighted by molar-refractivity contribution is -0.199. The average Bonchev–Trinajstić information content (AvgIpc) is 3.44. The number of hydrogen-bond acceptors (Lipinski definition) is 5. The molecule has 1 aliphatic carbocycles. The minimum Gasteiger partial charge on any atom is -0.341 e. The van der Waals surface area contributed by atoms with Crippen molar-refractivity contribution in [2.45, 2.75) is 95.6 Å². The molecule has 0 fully saturated rings. The molecule has 1 unspecified atom stereocenters. The molecule has 3 rings (SSSR count). The summed E-state index contributed by atoms with van der Waals surface area (Å²) in [7, 11) is 1.47. The van der Waals surface area contributed by atoms with Crippen molar-refractivity contribution < 1.29 is 35.9 Å². The van der Waals surface area contributed by atoms with Crippen LogP contribution in [0, 0.1) is 0 Å². The summed E-state index contributed by atoms with van der Waals surface area (Å²) in [5.41, 5.74) is 2.05. The number of nitrogens with zero attached hydrogens (tertiary/aromatic N) is 5. The third-order valence-corrected chi connectivity index (χ3v) is 7.86. The summed E-state index contributed by atoms with van der Waals surface area (Å²) in [5.74, 6) is 0. The lowest BCUT2D eigenvalue weighted by Crippen LogP contribution is -2.53. The lowest BCUT2D eigenvalue weighted by Gasteiger charge is -2.36. The first-order chi connectivity index (χ1) is 20.8. The summed E-state index contributed by atoms with van der Waals surface area (Å²) in [6.45, 7) is 1.76. The van der Waals surface area contributed by atoms with Crippen LogP contribution in [0.15, 0.2) is 46.7 Å². The van der Waals surface area contributed by atoms with Gasteiger partial charge < -0.3 is 5.32 Å². The highest BCUT2D eigenvalue weighted by Gasteiger charge is 2.57. The maximum Gasteiger partial charge on any atom is 0.416 e. The molecule has 242 valence electrons. The number of hydrogen-bond donors (Lipinski definition) is 2. The van der Waals surface area contributed by atoms with Gasteiger partial charge in [-0.2, -0.15) is 31.4 Å². The molecule has 0 saturated carbocycles. The van der Waals surface area contributed by atoms with E-state index in [2.05, 4.69) is 15.5 Å². The molecule has 15 heteroatoms. The Balaban J connectivity index is 1.99. The molecule has 1 aliphatic rings. The summed E-state index contributed by atoms with van der Waals surface area (Å²) >= 11 is 0. The SMILES string of the molecule is C/C(=C(\CC(NC=O)(c1cnn(CCCCCCC(F)(F)F)c1)C(F)(F)F)c1ccc2c(c1)CCCC2)N(C)/N=N\NC=O. The number of aryl methyl sites for hydroxylation is 3. The first-order valence-electron chi connectivity index (χ1n) is 14.3. The van der Waals surface area contributed by atoms with Crippen LogP contribution in [0.25, 0.3) is 5.57 Å². The molecule has 1 aromatic heterocycles. The summed E-state index contributed by atoms with van der Waals surface area (Å²) in [6.07, 6.45) is -3.43. The Hall–Kier alpha value is -3.91. The van der Waals surface area contributed by atoms with Crippen LogP contribution in [0.1, 0.15) is 80.5 Å². The fraction of sp³-hybridized carbons (Fsp3) is 0.552. The van der Waals surface area contributed by atoms with Gasteiger partial charge in [0.25, 0.3) is 0 Å². The van der Waals surface area contributed by atoms with Gasteiger partial charge in [-0.15, -0.1) is 0 Å². The van der Waals surface area contributed by atoms with Gasteiger partial charge in [0.15, 0.2) is 5.54 Å². The molecule has 0 saturated heterocycles. The van der Waals surface area contributed by atoms with Gasteiger partial charge in [-0.1, -0.05) is 31.0 Å². The van der Waals surface area contributed by atoms with Crippen molar-refractivity contribution in [3.8, 4) is 0 Å². The van der Waals surface area contributed by atoms with Crippen LogP contribution in [0.2, 0.25) is 0 Å². The third kappa shape index (κ3) is 9.05. The van der Waals surface area contributed by atoms with Crippen molar-refractivity contribution >= 4 is 18.4 Å². The Labute approximate surface area is 251 Å². The highest BCUT2D eigenvalue weighted by molar-refractivity contribution is 5.71. The summed E-state index contributed by atoms with van der Waals surface area (Å²) in [4.78, 5) is 22.4. The van der Waals surface area contributed by atoms with Gasteiger partial charge in [0.1, 0.15) is 0 Å². The largest absolute Gasteiger partial charge is 0.416 e. The number of alkyl halides is 6. The van der Waals surface area contributed by atoms with E-state index in [-0.39, 0.29) is 30.5 Å². The number of amides is 2. The Morgan fingerprint density at radius 2 is 1.73 bits per heavy atom. The van der Waals surface area contributed by atoms with E-state index in [4.69, 9.17) is 0 Å². The minimum absolute atomic E-state index is 0.00270. The molecule has 2 aromatic rings. The van der Waals surface area contributed by atoms with Crippen LogP contribution < -0.4 is 10.7 Å². The fourth-order valence-electron chi connectivity index (χ4n) is 5.35. The topological polar surface area (TPSA) is 104 Å². The van der Waals surface area contributed by atoms with E-state index in [0.29, 0.717) is 36.9 Å². The van der Waals surface area contributed by atoms with Gasteiger partial charge in [-0.25, -0.2) is 5.43 Å². The summed E-state index contributed by atoms with van der Waals surface area (Å²) in [6, 6.07) is 5.52. The lowest BCUT2D eigenvalue weighted by atomic mass is 9.80. The molecule has 44 heavy (non-hydrogen) atoms. The maximum absolute atomic E-state index is 15.1. The highest BCUT2D eigenvalue weighted by atomic mass is 19.4. The maximum atomic E-state index is 15.1. The van der Waals surface area contributed by atoms with Gasteiger partial charge in [0.2, 0.25) is 12.8 Å². The average molecular weight is 630 g/mol. The van der Waals surface area contributed by atoms with Gasteiger partial charge >= 0.3 is 12.4 Å². The van der Waals surface area contributed by atoms with E-state index in [9.17, 15) is 22.8 Å². The Kier molecular flexibility index (Phi) is 11.9. The van der Waals surface area contributed by atoms with Crippen molar-refractivity contribution in [3.63, 3.8) is 0 Å². The van der Waals surface area contributed by atoms with E-state index in [1.165, 1.54) is 22.9 Å². The minimum atomic E-state index is -4.97. The summed E-state index contributed by atoms with van der Waals surface area (Å²) < 4.78 is 83.8. The number of nitrogens with one attached hydrogen (secondary N) is 2. The number of carbonyl (C=O) groups excluding carboxylic acids is 2. The van der Waals surface area contributed by atoms with Crippen molar-refractivity contribution in [1.29, 1.82) is 0 Å². The van der Waals surface area contributed by atoms with Crippen molar-refractivity contribution in [3.05, 3.63) is 58.5 Å². The predicted octanol–water partition coefficient (Wildman–Crippen LogP) is 6.56. The molecule has 0 radical (unpaired) electrons. The van der Waals surface area contributed by atoms with Gasteiger partial charge in [-0.05, 0) is 78.2 Å².